The van der Waals surface area contributed by atoms with Crippen LogP contribution >= 0.6 is 11.3 Å². The van der Waals surface area contributed by atoms with Crippen molar-refractivity contribution in [3.8, 4) is 0 Å². The van der Waals surface area contributed by atoms with Gasteiger partial charge in [0.25, 0.3) is 11.5 Å². The number of anilines is 1. The van der Waals surface area contributed by atoms with E-state index in [4.69, 9.17) is 5.73 Å². The van der Waals surface area contributed by atoms with Crippen molar-refractivity contribution in [2.75, 3.05) is 5.32 Å². The first kappa shape index (κ1) is 19.8. The van der Waals surface area contributed by atoms with Crippen LogP contribution in [0.4, 0.5) is 5.69 Å². The quantitative estimate of drug-likeness (QED) is 0.638. The number of primary amides is 1. The lowest BCUT2D eigenvalue weighted by molar-refractivity contribution is -0.118. The summed E-state index contributed by atoms with van der Waals surface area (Å²) in [6.45, 7) is 3.93. The molecule has 0 radical (unpaired) electrons. The number of carbonyl (C=O) groups is 2. The van der Waals surface area contributed by atoms with Crippen molar-refractivity contribution in [1.29, 1.82) is 0 Å². The van der Waals surface area contributed by atoms with Gasteiger partial charge < -0.3 is 11.1 Å². The maximum Gasteiger partial charge on any atom is 0.266 e. The molecule has 0 saturated carbocycles. The van der Waals surface area contributed by atoms with Gasteiger partial charge in [-0.25, -0.2) is 4.98 Å². The van der Waals surface area contributed by atoms with Gasteiger partial charge in [-0.15, -0.1) is 11.3 Å². The lowest BCUT2D eigenvalue weighted by atomic mass is 10.2. The number of nitrogens with one attached hydrogen (secondary N) is 1. The molecule has 2 amide bonds. The predicted molar refractivity (Wildman–Crippen MR) is 111 cm³/mol. The highest BCUT2D eigenvalue weighted by Crippen LogP contribution is 2.28. The number of amides is 2. The summed E-state index contributed by atoms with van der Waals surface area (Å²) >= 11 is 1.21. The molecule has 0 aliphatic heterocycles. The maximum atomic E-state index is 13.1. The van der Waals surface area contributed by atoms with Crippen LogP contribution in [-0.2, 0) is 17.8 Å². The average Bonchev–Trinajstić information content (AvgIpc) is 2.99. The van der Waals surface area contributed by atoms with E-state index in [1.807, 2.05) is 25.1 Å². The van der Waals surface area contributed by atoms with Crippen LogP contribution in [0.3, 0.4) is 0 Å². The molecular formula is C20H22N4O3S. The molecule has 0 bridgehead atoms. The first-order valence-corrected chi connectivity index (χ1v) is 9.91. The third-order valence-electron chi connectivity index (χ3n) is 4.42. The molecule has 3 rings (SSSR count). The van der Waals surface area contributed by atoms with Gasteiger partial charge in [0.2, 0.25) is 5.91 Å². The van der Waals surface area contributed by atoms with Crippen LogP contribution in [0.15, 0.2) is 35.1 Å². The molecule has 3 aromatic rings. The molecule has 8 heteroatoms. The average molecular weight is 398 g/mol. The number of nitrogens with zero attached hydrogens (tertiary/aromatic N) is 2. The summed E-state index contributed by atoms with van der Waals surface area (Å²) in [6.07, 6.45) is 1.47. The van der Waals surface area contributed by atoms with Crippen LogP contribution in [-0.4, -0.2) is 21.4 Å². The van der Waals surface area contributed by atoms with Crippen molar-refractivity contribution in [2.45, 2.75) is 39.7 Å². The fourth-order valence-corrected chi connectivity index (χ4v) is 4.14. The van der Waals surface area contributed by atoms with Gasteiger partial charge in [-0.2, -0.15) is 0 Å². The zero-order valence-electron chi connectivity index (χ0n) is 15.8. The number of benzene rings is 1. The largest absolute Gasteiger partial charge is 0.370 e. The fourth-order valence-electron chi connectivity index (χ4n) is 3.05. The standard InChI is InChI=1S/C20H22N4O3S/c1-3-7-15-23-19-16(20(27)24(15)11-10-14(21)25)12(2)17(28-19)18(26)22-13-8-5-4-6-9-13/h4-6,8-9H,3,7,10-11H2,1-2H3,(H2,21,25)(H,22,26). The number of hydrogen-bond donors (Lipinski definition) is 2. The minimum absolute atomic E-state index is 0.0638. The Hall–Kier alpha value is -3.00. The molecule has 3 N–H and O–H groups in total. The molecule has 2 aromatic heterocycles. The van der Waals surface area contributed by atoms with E-state index in [-0.39, 0.29) is 24.4 Å². The molecule has 2 heterocycles. The van der Waals surface area contributed by atoms with Gasteiger partial charge in [-0.1, -0.05) is 25.1 Å². The number of para-hydroxylation sites is 1. The van der Waals surface area contributed by atoms with Crippen molar-refractivity contribution in [2.24, 2.45) is 5.73 Å². The van der Waals surface area contributed by atoms with E-state index < -0.39 is 5.91 Å². The molecule has 0 spiro atoms. The Balaban J connectivity index is 2.06. The molecule has 0 saturated heterocycles. The van der Waals surface area contributed by atoms with Crippen molar-refractivity contribution in [3.63, 3.8) is 0 Å². The Morgan fingerprint density at radius 3 is 2.61 bits per heavy atom. The Labute approximate surface area is 166 Å². The molecule has 0 aliphatic carbocycles. The SMILES string of the molecule is CCCc1nc2sc(C(=O)Nc3ccccc3)c(C)c2c(=O)n1CCC(N)=O. The first-order valence-electron chi connectivity index (χ1n) is 9.09. The van der Waals surface area contributed by atoms with Gasteiger partial charge in [-0.05, 0) is 31.0 Å². The number of nitrogens with two attached hydrogens (primary N) is 1. The lowest BCUT2D eigenvalue weighted by Gasteiger charge is -2.11. The summed E-state index contributed by atoms with van der Waals surface area (Å²) in [5, 5.41) is 3.27. The van der Waals surface area contributed by atoms with Crippen molar-refractivity contribution in [1.82, 2.24) is 9.55 Å². The van der Waals surface area contributed by atoms with E-state index in [0.29, 0.717) is 38.6 Å². The molecule has 0 atom stereocenters. The van der Waals surface area contributed by atoms with Crippen LogP contribution in [0.5, 0.6) is 0 Å². The zero-order chi connectivity index (χ0) is 20.3. The number of hydrogen-bond acceptors (Lipinski definition) is 5. The zero-order valence-corrected chi connectivity index (χ0v) is 16.6. The number of thiophene rings is 1. The molecule has 28 heavy (non-hydrogen) atoms. The van der Waals surface area contributed by atoms with Gasteiger partial charge >= 0.3 is 0 Å². The monoisotopic (exact) mass is 398 g/mol. The fraction of sp³-hybridized carbons (Fsp3) is 0.300. The normalized spacial score (nSPS) is 10.9. The first-order chi connectivity index (χ1) is 13.4. The topological polar surface area (TPSA) is 107 Å². The third-order valence-corrected chi connectivity index (χ3v) is 5.61. The lowest BCUT2D eigenvalue weighted by Crippen LogP contribution is -2.27. The second kappa shape index (κ2) is 8.35. The van der Waals surface area contributed by atoms with Gasteiger partial charge in [-0.3, -0.25) is 19.0 Å². The molecule has 0 unspecified atom stereocenters. The number of aryl methyl sites for hydroxylation is 2. The number of carbonyl (C=O) groups excluding carboxylic acids is 2. The van der Waals surface area contributed by atoms with Crippen molar-refractivity contribution < 1.29 is 9.59 Å². The van der Waals surface area contributed by atoms with Crippen LogP contribution in [0.2, 0.25) is 0 Å². The maximum absolute atomic E-state index is 13.1. The minimum atomic E-state index is -0.473. The van der Waals surface area contributed by atoms with Gasteiger partial charge in [0, 0.05) is 25.1 Å². The van der Waals surface area contributed by atoms with Gasteiger partial charge in [0.15, 0.2) is 0 Å². The Morgan fingerprint density at radius 2 is 1.96 bits per heavy atom. The van der Waals surface area contributed by atoms with Crippen molar-refractivity contribution in [3.05, 3.63) is 57.0 Å². The molecular weight excluding hydrogens is 376 g/mol. The summed E-state index contributed by atoms with van der Waals surface area (Å²) in [6, 6.07) is 9.14. The smallest absolute Gasteiger partial charge is 0.266 e. The van der Waals surface area contributed by atoms with Crippen LogP contribution in [0.1, 0.15) is 40.8 Å². The molecule has 146 valence electrons. The molecule has 0 aliphatic rings. The van der Waals surface area contributed by atoms with Crippen molar-refractivity contribution >= 4 is 39.1 Å². The number of fused-ring (bicyclic) bond motifs is 1. The third kappa shape index (κ3) is 3.96. The second-order valence-electron chi connectivity index (χ2n) is 6.51. The van der Waals surface area contributed by atoms with E-state index in [1.165, 1.54) is 15.9 Å². The van der Waals surface area contributed by atoms with E-state index in [2.05, 4.69) is 10.3 Å². The van der Waals surface area contributed by atoms with E-state index in [1.54, 1.807) is 19.1 Å². The number of aromatic nitrogens is 2. The Bertz CT molecular complexity index is 1090. The van der Waals surface area contributed by atoms with E-state index >= 15 is 0 Å². The summed E-state index contributed by atoms with van der Waals surface area (Å²) in [5.41, 5.74) is 6.30. The van der Waals surface area contributed by atoms with Gasteiger partial charge in [0.1, 0.15) is 10.7 Å². The van der Waals surface area contributed by atoms with Gasteiger partial charge in [0.05, 0.1) is 10.3 Å². The molecule has 0 fully saturated rings. The second-order valence-corrected chi connectivity index (χ2v) is 7.51. The highest BCUT2D eigenvalue weighted by atomic mass is 32.1. The highest BCUT2D eigenvalue weighted by Gasteiger charge is 2.21. The Morgan fingerprint density at radius 1 is 1.25 bits per heavy atom. The summed E-state index contributed by atoms with van der Waals surface area (Å²) in [5.74, 6) is -0.135. The Kier molecular flexibility index (Phi) is 5.89. The van der Waals surface area contributed by atoms with Crippen LogP contribution < -0.4 is 16.6 Å². The van der Waals surface area contributed by atoms with Crippen LogP contribution in [0.25, 0.3) is 10.2 Å². The minimum Gasteiger partial charge on any atom is -0.370 e. The van der Waals surface area contributed by atoms with E-state index in [9.17, 15) is 14.4 Å². The van der Waals surface area contributed by atoms with E-state index in [0.717, 1.165) is 6.42 Å². The van der Waals surface area contributed by atoms with Crippen LogP contribution in [0, 0.1) is 6.92 Å². The number of rotatable bonds is 7. The summed E-state index contributed by atoms with van der Waals surface area (Å²) in [7, 11) is 0. The summed E-state index contributed by atoms with van der Waals surface area (Å²) in [4.78, 5) is 42.6. The highest BCUT2D eigenvalue weighted by molar-refractivity contribution is 7.20. The predicted octanol–water partition coefficient (Wildman–Crippen LogP) is 2.85. The molecule has 1 aromatic carbocycles. The molecule has 7 nitrogen and oxygen atoms in total. The summed E-state index contributed by atoms with van der Waals surface area (Å²) < 4.78 is 1.51.